The number of carbonyl (C=O) groups excluding carboxylic acids is 2. The number of aliphatic carboxylic acids is 1. The van der Waals surface area contributed by atoms with Crippen molar-refractivity contribution in [3.05, 3.63) is 54.4 Å². The Balaban J connectivity index is 0.000000861. The number of benzene rings is 1. The van der Waals surface area contributed by atoms with E-state index in [9.17, 15) is 14.4 Å². The third kappa shape index (κ3) is 7.66. The van der Waals surface area contributed by atoms with Gasteiger partial charge < -0.3 is 5.11 Å². The van der Waals surface area contributed by atoms with Crippen molar-refractivity contribution in [3.63, 3.8) is 0 Å². The van der Waals surface area contributed by atoms with Crippen LogP contribution in [-0.2, 0) is 24.1 Å². The maximum Gasteiger partial charge on any atom is 0.344 e. The Hall–Kier alpha value is -2.97. The molecule has 1 N–H and O–H groups in total. The van der Waals surface area contributed by atoms with E-state index in [-0.39, 0.29) is 0 Å². The van der Waals surface area contributed by atoms with Crippen molar-refractivity contribution in [2.45, 2.75) is 51.9 Å². The second-order valence-electron chi connectivity index (χ2n) is 6.79. The molecule has 1 saturated heterocycles. The summed E-state index contributed by atoms with van der Waals surface area (Å²) in [5.41, 5.74) is 1.81. The van der Waals surface area contributed by atoms with Crippen LogP contribution in [-0.4, -0.2) is 47.2 Å². The molecule has 8 heteroatoms. The van der Waals surface area contributed by atoms with Crippen LogP contribution in [0, 0.1) is 0 Å². The smallest absolute Gasteiger partial charge is 0.344 e. The van der Waals surface area contributed by atoms with Gasteiger partial charge in [-0.2, -0.15) is 10.1 Å². The van der Waals surface area contributed by atoms with E-state index in [1.54, 1.807) is 0 Å². The van der Waals surface area contributed by atoms with E-state index in [0.29, 0.717) is 5.82 Å². The van der Waals surface area contributed by atoms with E-state index in [1.165, 1.54) is 39.9 Å². The van der Waals surface area contributed by atoms with Crippen LogP contribution in [0.2, 0.25) is 0 Å². The molecule has 1 fully saturated rings. The number of hydrogen-bond donors (Lipinski definition) is 1. The summed E-state index contributed by atoms with van der Waals surface area (Å²) in [7, 11) is 2.75. The first-order valence-electron chi connectivity index (χ1n) is 10.3. The number of amides is 2. The number of unbranched alkanes of at least 4 members (excludes halogenated alkanes) is 5. The summed E-state index contributed by atoms with van der Waals surface area (Å²) in [6.45, 7) is 5.16. The third-order valence-corrected chi connectivity index (χ3v) is 4.65. The van der Waals surface area contributed by atoms with Crippen molar-refractivity contribution < 1.29 is 29.2 Å². The van der Waals surface area contributed by atoms with E-state index in [0.717, 1.165) is 46.6 Å². The fourth-order valence-electron chi connectivity index (χ4n) is 3.14. The SMILES string of the molecule is C=CC(=O)O.CCCCCCCCC(=C1N(OC)C(=O)C(=O)N1OC)c1ccccc1. The molecule has 170 valence electrons. The van der Waals surface area contributed by atoms with Gasteiger partial charge in [-0.3, -0.25) is 19.3 Å². The van der Waals surface area contributed by atoms with Crippen LogP contribution >= 0.6 is 0 Å². The number of rotatable bonds is 11. The van der Waals surface area contributed by atoms with Gasteiger partial charge in [0.1, 0.15) is 0 Å². The summed E-state index contributed by atoms with van der Waals surface area (Å²) in [6.07, 6.45) is 8.52. The Kier molecular flexibility index (Phi) is 11.9. The fraction of sp³-hybridized carbons (Fsp3) is 0.435. The van der Waals surface area contributed by atoms with Gasteiger partial charge in [0.15, 0.2) is 5.82 Å². The standard InChI is InChI=1S/C20H28N2O4.C3H4O2/c1-4-5-6-7-8-12-15-17(16-13-10-9-11-14-16)18-21(25-2)19(23)20(24)22(18)26-3;1-2-3(4)5/h9-11,13-14H,4-8,12,15H2,1-3H3;2H,1H2,(H,4,5). The van der Waals surface area contributed by atoms with E-state index >= 15 is 0 Å². The molecule has 0 unspecified atom stereocenters. The van der Waals surface area contributed by atoms with Crippen LogP contribution < -0.4 is 0 Å². The summed E-state index contributed by atoms with van der Waals surface area (Å²) >= 11 is 0. The average molecular weight is 433 g/mol. The number of hydroxylamine groups is 4. The maximum absolute atomic E-state index is 12.2. The van der Waals surface area contributed by atoms with Gasteiger partial charge in [0.25, 0.3) is 0 Å². The minimum Gasteiger partial charge on any atom is -0.478 e. The molecule has 1 aromatic carbocycles. The van der Waals surface area contributed by atoms with Gasteiger partial charge in [-0.05, 0) is 18.4 Å². The van der Waals surface area contributed by atoms with Crippen LogP contribution in [0.5, 0.6) is 0 Å². The molecule has 0 saturated carbocycles. The lowest BCUT2D eigenvalue weighted by Gasteiger charge is -2.22. The average Bonchev–Trinajstić information content (AvgIpc) is 3.03. The van der Waals surface area contributed by atoms with E-state index < -0.39 is 17.8 Å². The molecule has 1 aromatic rings. The van der Waals surface area contributed by atoms with Crippen LogP contribution in [0.1, 0.15) is 57.4 Å². The molecule has 1 heterocycles. The number of nitrogens with zero attached hydrogens (tertiary/aromatic N) is 2. The highest BCUT2D eigenvalue weighted by Gasteiger charge is 2.44. The van der Waals surface area contributed by atoms with Gasteiger partial charge in [0, 0.05) is 11.6 Å². The van der Waals surface area contributed by atoms with Crippen molar-refractivity contribution in [2.75, 3.05) is 14.2 Å². The molecule has 31 heavy (non-hydrogen) atoms. The van der Waals surface area contributed by atoms with Gasteiger partial charge in [0.2, 0.25) is 0 Å². The van der Waals surface area contributed by atoms with Crippen LogP contribution in [0.4, 0.5) is 0 Å². The second kappa shape index (κ2) is 14.1. The topological polar surface area (TPSA) is 96.4 Å². The zero-order valence-corrected chi connectivity index (χ0v) is 18.5. The molecule has 8 nitrogen and oxygen atoms in total. The molecule has 0 aromatic heterocycles. The molecule has 2 amide bonds. The lowest BCUT2D eigenvalue weighted by molar-refractivity contribution is -0.164. The van der Waals surface area contributed by atoms with Gasteiger partial charge in [-0.25, -0.2) is 4.79 Å². The highest BCUT2D eigenvalue weighted by atomic mass is 16.7. The molecular weight excluding hydrogens is 400 g/mol. The van der Waals surface area contributed by atoms with E-state index in [1.807, 2.05) is 30.3 Å². The molecule has 0 aliphatic carbocycles. The number of carboxylic acid groups (broad SMARTS) is 1. The van der Waals surface area contributed by atoms with E-state index in [4.69, 9.17) is 14.8 Å². The van der Waals surface area contributed by atoms with Crippen molar-refractivity contribution in [3.8, 4) is 0 Å². The first kappa shape index (κ1) is 26.1. The van der Waals surface area contributed by atoms with Gasteiger partial charge in [-0.15, -0.1) is 0 Å². The largest absolute Gasteiger partial charge is 0.478 e. The van der Waals surface area contributed by atoms with Crippen LogP contribution in [0.15, 0.2) is 48.8 Å². The Morgan fingerprint density at radius 2 is 1.45 bits per heavy atom. The third-order valence-electron chi connectivity index (χ3n) is 4.65. The summed E-state index contributed by atoms with van der Waals surface area (Å²) in [5, 5.41) is 9.64. The Labute approximate surface area is 183 Å². The molecular formula is C23H32N2O6. The van der Waals surface area contributed by atoms with Crippen molar-refractivity contribution in [1.82, 2.24) is 10.1 Å². The molecule has 0 atom stereocenters. The van der Waals surface area contributed by atoms with Gasteiger partial charge in [0.05, 0.1) is 14.2 Å². The molecule has 0 spiro atoms. The molecule has 1 aliphatic heterocycles. The number of carboxylic acids is 1. The van der Waals surface area contributed by atoms with Crippen LogP contribution in [0.3, 0.4) is 0 Å². The zero-order chi connectivity index (χ0) is 23.2. The number of allylic oxidation sites excluding steroid dienone is 1. The second-order valence-corrected chi connectivity index (χ2v) is 6.79. The molecule has 0 radical (unpaired) electrons. The summed E-state index contributed by atoms with van der Waals surface area (Å²) in [5.74, 6) is -2.13. The minimum atomic E-state index is -0.981. The first-order valence-corrected chi connectivity index (χ1v) is 10.3. The Morgan fingerprint density at radius 3 is 1.90 bits per heavy atom. The zero-order valence-electron chi connectivity index (χ0n) is 18.5. The maximum atomic E-state index is 12.2. The van der Waals surface area contributed by atoms with Crippen molar-refractivity contribution in [2.24, 2.45) is 0 Å². The minimum absolute atomic E-state index is 0.352. The first-order chi connectivity index (χ1) is 14.9. The number of carbonyl (C=O) groups is 3. The Morgan fingerprint density at radius 1 is 0.968 bits per heavy atom. The van der Waals surface area contributed by atoms with E-state index in [2.05, 4.69) is 13.5 Å². The summed E-state index contributed by atoms with van der Waals surface area (Å²) in [6, 6.07) is 9.74. The monoisotopic (exact) mass is 432 g/mol. The predicted molar refractivity (Wildman–Crippen MR) is 117 cm³/mol. The molecule has 2 rings (SSSR count). The lowest BCUT2D eigenvalue weighted by Crippen LogP contribution is -2.26. The summed E-state index contributed by atoms with van der Waals surface area (Å²) in [4.78, 5) is 44.0. The van der Waals surface area contributed by atoms with Crippen molar-refractivity contribution in [1.29, 1.82) is 0 Å². The normalized spacial score (nSPS) is 13.2. The number of hydrogen-bond acceptors (Lipinski definition) is 5. The Bertz CT molecular complexity index is 752. The highest BCUT2D eigenvalue weighted by molar-refractivity contribution is 6.37. The quantitative estimate of drug-likeness (QED) is 0.320. The lowest BCUT2D eigenvalue weighted by atomic mass is 9.98. The fourth-order valence-corrected chi connectivity index (χ4v) is 3.14. The van der Waals surface area contributed by atoms with Crippen LogP contribution in [0.25, 0.3) is 5.57 Å². The molecule has 1 aliphatic rings. The molecule has 0 bridgehead atoms. The van der Waals surface area contributed by atoms with Crippen molar-refractivity contribution >= 4 is 23.4 Å². The highest BCUT2D eigenvalue weighted by Crippen LogP contribution is 2.33. The summed E-state index contributed by atoms with van der Waals surface area (Å²) < 4.78 is 0. The predicted octanol–water partition coefficient (Wildman–Crippen LogP) is 4.16. The van der Waals surface area contributed by atoms with Gasteiger partial charge >= 0.3 is 17.8 Å². The van der Waals surface area contributed by atoms with Gasteiger partial charge in [-0.1, -0.05) is 75.9 Å².